The van der Waals surface area contributed by atoms with Gasteiger partial charge in [0.15, 0.2) is 0 Å². The molecule has 0 saturated heterocycles. The molecule has 1 nitrogen and oxygen atoms in total. The quantitative estimate of drug-likeness (QED) is 0.231. The van der Waals surface area contributed by atoms with Crippen LogP contribution >= 0.6 is 0 Å². The van der Waals surface area contributed by atoms with Crippen molar-refractivity contribution in [3.63, 3.8) is 0 Å². The summed E-state index contributed by atoms with van der Waals surface area (Å²) in [6, 6.07) is 34.4. The Hall–Kier alpha value is -4.10. The van der Waals surface area contributed by atoms with E-state index in [1.807, 2.05) is 0 Å². The van der Waals surface area contributed by atoms with Gasteiger partial charge in [0.1, 0.15) is 0 Å². The molecule has 34 heavy (non-hydrogen) atoms. The highest BCUT2D eigenvalue weighted by Gasteiger charge is 2.31. The maximum Gasteiger partial charge on any atom is 0.0576 e. The second-order valence-electron chi connectivity index (χ2n) is 10.1. The molecule has 2 aliphatic carbocycles. The third-order valence-corrected chi connectivity index (χ3v) is 8.43. The molecule has 158 valence electrons. The Morgan fingerprint density at radius 1 is 0.500 bits per heavy atom. The van der Waals surface area contributed by atoms with Gasteiger partial charge in [0.25, 0.3) is 0 Å². The van der Waals surface area contributed by atoms with Crippen LogP contribution in [0.25, 0.3) is 49.7 Å². The van der Waals surface area contributed by atoms with Gasteiger partial charge < -0.3 is 4.57 Å². The Morgan fingerprint density at radius 3 is 2.29 bits per heavy atom. The van der Waals surface area contributed by atoms with Crippen LogP contribution in [-0.4, -0.2) is 4.57 Å². The zero-order valence-electron chi connectivity index (χ0n) is 18.7. The number of hydrogen-bond donors (Lipinski definition) is 0. The van der Waals surface area contributed by atoms with Gasteiger partial charge >= 0.3 is 0 Å². The van der Waals surface area contributed by atoms with Crippen LogP contribution in [0.15, 0.2) is 91.0 Å². The molecule has 0 bridgehead atoms. The van der Waals surface area contributed by atoms with Crippen LogP contribution in [0, 0.1) is 0 Å². The Kier molecular flexibility index (Phi) is 3.00. The van der Waals surface area contributed by atoms with E-state index in [4.69, 9.17) is 0 Å². The van der Waals surface area contributed by atoms with Crippen molar-refractivity contribution in [1.82, 2.24) is 4.57 Å². The number of nitrogens with zero attached hydrogens (tertiary/aromatic N) is 1. The molecule has 9 rings (SSSR count). The van der Waals surface area contributed by atoms with Crippen LogP contribution in [0.2, 0.25) is 0 Å². The summed E-state index contributed by atoms with van der Waals surface area (Å²) in [6.45, 7) is 0. The summed E-state index contributed by atoms with van der Waals surface area (Å²) < 4.78 is 2.53. The van der Waals surface area contributed by atoms with Gasteiger partial charge in [-0.3, -0.25) is 0 Å². The predicted octanol–water partition coefficient (Wildman–Crippen LogP) is 7.83. The van der Waals surface area contributed by atoms with Gasteiger partial charge in [-0.2, -0.15) is 0 Å². The third kappa shape index (κ3) is 1.98. The highest BCUT2D eigenvalue weighted by molar-refractivity contribution is 6.11. The van der Waals surface area contributed by atoms with Crippen molar-refractivity contribution in [2.24, 2.45) is 0 Å². The van der Waals surface area contributed by atoms with Crippen molar-refractivity contribution in [2.75, 3.05) is 0 Å². The summed E-state index contributed by atoms with van der Waals surface area (Å²) in [4.78, 5) is 0. The second-order valence-corrected chi connectivity index (χ2v) is 10.1. The van der Waals surface area contributed by atoms with Crippen LogP contribution in [-0.2, 0) is 19.3 Å². The normalized spacial score (nSPS) is 14.1. The molecule has 1 aliphatic heterocycles. The smallest absolute Gasteiger partial charge is 0.0576 e. The lowest BCUT2D eigenvalue weighted by atomic mass is 9.89. The zero-order valence-corrected chi connectivity index (χ0v) is 18.7. The SMILES string of the molecule is c1ccc2c(c1)Cc1cc3c(cc1-2)-c1c(ccc2c1Cc1cccc4c5ccccc5n-2c14)C3. The molecule has 6 aromatic rings. The van der Waals surface area contributed by atoms with Gasteiger partial charge in [0, 0.05) is 17.2 Å². The number of aromatic nitrogens is 1. The Balaban J connectivity index is 1.36. The maximum atomic E-state index is 2.53. The van der Waals surface area contributed by atoms with Crippen LogP contribution in [0.1, 0.15) is 33.4 Å². The maximum absolute atomic E-state index is 2.53. The molecule has 0 spiro atoms. The fourth-order valence-corrected chi connectivity index (χ4v) is 7.05. The molecular formula is C33H21N. The van der Waals surface area contributed by atoms with E-state index in [0.717, 1.165) is 19.3 Å². The average molecular weight is 432 g/mol. The first-order chi connectivity index (χ1) is 16.8. The molecular weight excluding hydrogens is 410 g/mol. The Bertz CT molecular complexity index is 1880. The monoisotopic (exact) mass is 431 g/mol. The highest BCUT2D eigenvalue weighted by Crippen LogP contribution is 2.49. The van der Waals surface area contributed by atoms with E-state index < -0.39 is 0 Å². The lowest BCUT2D eigenvalue weighted by molar-refractivity contribution is 1.04. The molecule has 2 heterocycles. The molecule has 0 amide bonds. The minimum absolute atomic E-state index is 0.999. The first-order valence-electron chi connectivity index (χ1n) is 12.3. The van der Waals surface area contributed by atoms with Crippen LogP contribution in [0.3, 0.4) is 0 Å². The van der Waals surface area contributed by atoms with E-state index in [1.165, 1.54) is 83.1 Å². The van der Waals surface area contributed by atoms with Crippen LogP contribution in [0.4, 0.5) is 0 Å². The summed E-state index contributed by atoms with van der Waals surface area (Å²) in [5, 5.41) is 2.72. The van der Waals surface area contributed by atoms with E-state index in [1.54, 1.807) is 0 Å². The molecule has 0 fully saturated rings. The van der Waals surface area contributed by atoms with Gasteiger partial charge in [0.05, 0.1) is 16.7 Å². The number of fused-ring (bicyclic) bond motifs is 12. The molecule has 0 radical (unpaired) electrons. The van der Waals surface area contributed by atoms with E-state index in [2.05, 4.69) is 95.6 Å². The molecule has 1 aromatic heterocycles. The molecule has 0 N–H and O–H groups in total. The van der Waals surface area contributed by atoms with Gasteiger partial charge in [-0.1, -0.05) is 72.8 Å². The summed E-state index contributed by atoms with van der Waals surface area (Å²) in [5.41, 5.74) is 18.7. The van der Waals surface area contributed by atoms with Crippen molar-refractivity contribution in [3.05, 3.63) is 124 Å². The summed E-state index contributed by atoms with van der Waals surface area (Å²) >= 11 is 0. The van der Waals surface area contributed by atoms with Crippen molar-refractivity contribution < 1.29 is 0 Å². The fraction of sp³-hybridized carbons (Fsp3) is 0.0909. The average Bonchev–Trinajstić information content (AvgIpc) is 3.53. The summed E-state index contributed by atoms with van der Waals surface area (Å²) in [5.74, 6) is 0. The van der Waals surface area contributed by atoms with E-state index in [9.17, 15) is 0 Å². The minimum atomic E-state index is 0.999. The molecule has 0 saturated carbocycles. The number of hydrogen-bond acceptors (Lipinski definition) is 0. The van der Waals surface area contributed by atoms with Crippen LogP contribution in [0.5, 0.6) is 0 Å². The van der Waals surface area contributed by atoms with Gasteiger partial charge in [0.2, 0.25) is 0 Å². The fourth-order valence-electron chi connectivity index (χ4n) is 7.05. The Labute approximate surface area is 197 Å². The molecule has 0 unspecified atom stereocenters. The molecule has 0 atom stereocenters. The predicted molar refractivity (Wildman–Crippen MR) is 140 cm³/mol. The van der Waals surface area contributed by atoms with Crippen molar-refractivity contribution >= 4 is 21.8 Å². The summed E-state index contributed by atoms with van der Waals surface area (Å²) in [6.07, 6.45) is 3.11. The summed E-state index contributed by atoms with van der Waals surface area (Å²) in [7, 11) is 0. The van der Waals surface area contributed by atoms with Gasteiger partial charge in [-0.15, -0.1) is 0 Å². The number of rotatable bonds is 0. The molecule has 1 heteroatoms. The van der Waals surface area contributed by atoms with Gasteiger partial charge in [-0.05, 0) is 86.7 Å². The zero-order chi connectivity index (χ0) is 22.0. The van der Waals surface area contributed by atoms with Gasteiger partial charge in [-0.25, -0.2) is 0 Å². The van der Waals surface area contributed by atoms with E-state index in [-0.39, 0.29) is 0 Å². The lowest BCUT2D eigenvalue weighted by Crippen LogP contribution is -2.09. The highest BCUT2D eigenvalue weighted by atomic mass is 15.0. The number of benzene rings is 5. The van der Waals surface area contributed by atoms with Crippen molar-refractivity contribution in [2.45, 2.75) is 19.3 Å². The Morgan fingerprint density at radius 2 is 1.29 bits per heavy atom. The minimum Gasteiger partial charge on any atom is -0.309 e. The topological polar surface area (TPSA) is 4.93 Å². The lowest BCUT2D eigenvalue weighted by Gasteiger charge is -2.24. The van der Waals surface area contributed by atoms with E-state index >= 15 is 0 Å². The number of para-hydroxylation sites is 2. The van der Waals surface area contributed by atoms with Crippen molar-refractivity contribution in [3.8, 4) is 27.9 Å². The molecule has 5 aromatic carbocycles. The third-order valence-electron chi connectivity index (χ3n) is 8.43. The van der Waals surface area contributed by atoms with Crippen molar-refractivity contribution in [1.29, 1.82) is 0 Å². The molecule has 3 aliphatic rings. The second kappa shape index (κ2) is 5.87. The first kappa shape index (κ1) is 17.4. The van der Waals surface area contributed by atoms with Crippen LogP contribution < -0.4 is 0 Å². The largest absolute Gasteiger partial charge is 0.309 e. The van der Waals surface area contributed by atoms with E-state index in [0.29, 0.717) is 0 Å². The first-order valence-corrected chi connectivity index (χ1v) is 12.3. The standard InChI is InChI=1S/C33H21N/c1-2-8-24-19(6-1)14-22-16-23-15-20-12-13-31-29(32(20)28(23)18-27(22)24)17-21-7-5-10-26-25-9-3-4-11-30(25)34(31)33(21)26/h1-13,16,18H,14-15,17H2.